The fourth-order valence-electron chi connectivity index (χ4n) is 3.55. The molecule has 1 aliphatic rings. The number of thiophene rings is 1. The van der Waals surface area contributed by atoms with Gasteiger partial charge in [0.1, 0.15) is 6.61 Å². The molecule has 0 bridgehead atoms. The minimum atomic E-state index is -0.423. The number of benzene rings is 2. The molecule has 0 radical (unpaired) electrons. The van der Waals surface area contributed by atoms with E-state index in [1.54, 1.807) is 0 Å². The minimum Gasteiger partial charge on any atom is -0.449 e. The molecule has 0 spiro atoms. The monoisotopic (exact) mass is 391 g/mol. The number of hydrogen-bond donors (Lipinski definition) is 2. The van der Waals surface area contributed by atoms with Gasteiger partial charge in [-0.2, -0.15) is 0 Å². The molecule has 1 aliphatic carbocycles. The van der Waals surface area contributed by atoms with Crippen LogP contribution in [0.2, 0.25) is 0 Å². The van der Waals surface area contributed by atoms with Crippen molar-refractivity contribution in [3.63, 3.8) is 0 Å². The van der Waals surface area contributed by atoms with Gasteiger partial charge in [0.25, 0.3) is 0 Å². The summed E-state index contributed by atoms with van der Waals surface area (Å²) in [4.78, 5) is 13.0. The Balaban J connectivity index is 1.32. The number of hydrogen-bond acceptors (Lipinski definition) is 4. The highest BCUT2D eigenvalue weighted by Gasteiger charge is 2.28. The van der Waals surface area contributed by atoms with Crippen LogP contribution in [-0.2, 0) is 11.3 Å². The van der Waals surface area contributed by atoms with Crippen molar-refractivity contribution in [3.05, 3.63) is 87.6 Å². The van der Waals surface area contributed by atoms with Crippen molar-refractivity contribution in [1.82, 2.24) is 5.32 Å². The van der Waals surface area contributed by atoms with Gasteiger partial charge >= 0.3 is 6.09 Å². The summed E-state index contributed by atoms with van der Waals surface area (Å²) >= 11 is 1.51. The number of nitrogens with one attached hydrogen (secondary N) is 1. The van der Waals surface area contributed by atoms with Crippen molar-refractivity contribution < 1.29 is 14.6 Å². The van der Waals surface area contributed by atoms with Crippen LogP contribution in [0.4, 0.5) is 4.79 Å². The molecular weight excluding hydrogens is 370 g/mol. The van der Waals surface area contributed by atoms with Crippen LogP contribution < -0.4 is 5.32 Å². The SMILES string of the molecule is O=C(NCC=Cc1csc(CO)c1)OCC1c2ccccc2-c2ccccc21. The summed E-state index contributed by atoms with van der Waals surface area (Å²) in [5.41, 5.74) is 5.85. The molecule has 1 heterocycles. The van der Waals surface area contributed by atoms with Crippen molar-refractivity contribution in [1.29, 1.82) is 0 Å². The fourth-order valence-corrected chi connectivity index (χ4v) is 4.27. The lowest BCUT2D eigenvalue weighted by molar-refractivity contribution is 0.144. The van der Waals surface area contributed by atoms with Gasteiger partial charge in [0, 0.05) is 17.3 Å². The van der Waals surface area contributed by atoms with Crippen LogP contribution in [0.3, 0.4) is 0 Å². The number of fused-ring (bicyclic) bond motifs is 3. The van der Waals surface area contributed by atoms with Gasteiger partial charge < -0.3 is 15.2 Å². The Morgan fingerprint density at radius 3 is 2.43 bits per heavy atom. The lowest BCUT2D eigenvalue weighted by atomic mass is 9.98. The van der Waals surface area contributed by atoms with Crippen LogP contribution in [0.1, 0.15) is 27.5 Å². The molecule has 4 rings (SSSR count). The van der Waals surface area contributed by atoms with E-state index in [9.17, 15) is 4.79 Å². The van der Waals surface area contributed by atoms with Gasteiger partial charge in [0.15, 0.2) is 0 Å². The van der Waals surface area contributed by atoms with E-state index in [1.807, 2.05) is 47.9 Å². The molecule has 1 amide bonds. The van der Waals surface area contributed by atoms with Crippen LogP contribution in [0.5, 0.6) is 0 Å². The zero-order chi connectivity index (χ0) is 19.3. The maximum atomic E-state index is 12.1. The first kappa shape index (κ1) is 18.5. The lowest BCUT2D eigenvalue weighted by Gasteiger charge is -2.14. The standard InChI is InChI=1S/C23H21NO3S/c25-13-17-12-16(15-28-17)6-5-11-24-23(26)27-14-22-20-9-3-1-7-18(20)19-8-2-4-10-21(19)22/h1-10,12,15,22,25H,11,13-14H2,(H,24,26). The highest BCUT2D eigenvalue weighted by molar-refractivity contribution is 7.10. The van der Waals surface area contributed by atoms with E-state index in [0.717, 1.165) is 10.4 Å². The predicted octanol–water partition coefficient (Wildman–Crippen LogP) is 4.79. The van der Waals surface area contributed by atoms with Crippen molar-refractivity contribution in [2.45, 2.75) is 12.5 Å². The van der Waals surface area contributed by atoms with Crippen LogP contribution >= 0.6 is 11.3 Å². The number of aliphatic hydroxyl groups excluding tert-OH is 1. The first-order valence-electron chi connectivity index (χ1n) is 9.20. The highest BCUT2D eigenvalue weighted by Crippen LogP contribution is 2.44. The van der Waals surface area contributed by atoms with E-state index in [4.69, 9.17) is 9.84 Å². The molecular formula is C23H21NO3S. The van der Waals surface area contributed by atoms with Gasteiger partial charge in [-0.15, -0.1) is 11.3 Å². The molecule has 3 aromatic rings. The Labute approximate surface area is 168 Å². The fraction of sp³-hybridized carbons (Fsp3) is 0.174. The third-order valence-corrected chi connectivity index (χ3v) is 5.79. The average Bonchev–Trinajstić information content (AvgIpc) is 3.32. The highest BCUT2D eigenvalue weighted by atomic mass is 32.1. The Bertz CT molecular complexity index is 963. The number of carbonyl (C=O) groups excluding carboxylic acids is 1. The number of carbonyl (C=O) groups is 1. The maximum Gasteiger partial charge on any atom is 0.407 e. The van der Waals surface area contributed by atoms with E-state index in [1.165, 1.54) is 33.6 Å². The molecule has 0 saturated carbocycles. The molecule has 2 N–H and O–H groups in total. The van der Waals surface area contributed by atoms with Gasteiger partial charge in [0.2, 0.25) is 0 Å². The first-order chi connectivity index (χ1) is 13.8. The van der Waals surface area contributed by atoms with Gasteiger partial charge in [0.05, 0.1) is 6.61 Å². The number of alkyl carbamates (subject to hydrolysis) is 1. The molecule has 142 valence electrons. The zero-order valence-electron chi connectivity index (χ0n) is 15.3. The Morgan fingerprint density at radius 2 is 1.79 bits per heavy atom. The topological polar surface area (TPSA) is 58.6 Å². The second-order valence-corrected chi connectivity index (χ2v) is 7.61. The number of ether oxygens (including phenoxy) is 1. The van der Waals surface area contributed by atoms with Crippen LogP contribution in [0, 0.1) is 0 Å². The number of amides is 1. The summed E-state index contributed by atoms with van der Waals surface area (Å²) in [6.45, 7) is 0.755. The molecule has 0 atom stereocenters. The number of rotatable bonds is 6. The molecule has 2 aromatic carbocycles. The van der Waals surface area contributed by atoms with Crippen molar-refractivity contribution in [2.75, 3.05) is 13.2 Å². The Hall–Kier alpha value is -2.89. The van der Waals surface area contributed by atoms with E-state index in [-0.39, 0.29) is 12.5 Å². The predicted molar refractivity (Wildman–Crippen MR) is 112 cm³/mol. The van der Waals surface area contributed by atoms with E-state index >= 15 is 0 Å². The Kier molecular flexibility index (Phi) is 5.55. The van der Waals surface area contributed by atoms with Gasteiger partial charge in [-0.25, -0.2) is 4.79 Å². The molecule has 1 aromatic heterocycles. The second kappa shape index (κ2) is 8.42. The lowest BCUT2D eigenvalue weighted by Crippen LogP contribution is -2.26. The quantitative estimate of drug-likeness (QED) is 0.635. The van der Waals surface area contributed by atoms with Crippen LogP contribution in [0.25, 0.3) is 17.2 Å². The van der Waals surface area contributed by atoms with Gasteiger partial charge in [-0.05, 0) is 39.3 Å². The molecule has 0 aliphatic heterocycles. The molecule has 0 saturated heterocycles. The van der Waals surface area contributed by atoms with Crippen molar-refractivity contribution in [2.24, 2.45) is 0 Å². The van der Waals surface area contributed by atoms with Crippen molar-refractivity contribution in [3.8, 4) is 11.1 Å². The van der Waals surface area contributed by atoms with Gasteiger partial charge in [-0.1, -0.05) is 60.7 Å². The normalized spacial score (nSPS) is 12.8. The smallest absolute Gasteiger partial charge is 0.407 e. The number of aliphatic hydroxyl groups is 1. The van der Waals surface area contributed by atoms with Crippen molar-refractivity contribution >= 4 is 23.5 Å². The van der Waals surface area contributed by atoms with E-state index in [2.05, 4.69) is 29.6 Å². The summed E-state index contributed by atoms with van der Waals surface area (Å²) in [6.07, 6.45) is 3.36. The molecule has 0 fully saturated rings. The second-order valence-electron chi connectivity index (χ2n) is 6.61. The molecule has 5 heteroatoms. The summed E-state index contributed by atoms with van der Waals surface area (Å²) in [5, 5.41) is 13.8. The Morgan fingerprint density at radius 1 is 1.11 bits per heavy atom. The average molecular weight is 391 g/mol. The molecule has 0 unspecified atom stereocenters. The summed E-state index contributed by atoms with van der Waals surface area (Å²) in [7, 11) is 0. The third-order valence-electron chi connectivity index (χ3n) is 4.85. The summed E-state index contributed by atoms with van der Waals surface area (Å²) in [5.74, 6) is 0.0661. The minimum absolute atomic E-state index is 0.0521. The maximum absolute atomic E-state index is 12.1. The first-order valence-corrected chi connectivity index (χ1v) is 10.1. The summed E-state index contributed by atoms with van der Waals surface area (Å²) < 4.78 is 5.50. The van der Waals surface area contributed by atoms with Crippen LogP contribution in [-0.4, -0.2) is 24.4 Å². The zero-order valence-corrected chi connectivity index (χ0v) is 16.1. The molecule has 28 heavy (non-hydrogen) atoms. The third kappa shape index (κ3) is 3.86. The van der Waals surface area contributed by atoms with Crippen LogP contribution in [0.15, 0.2) is 66.1 Å². The molecule has 4 nitrogen and oxygen atoms in total. The van der Waals surface area contributed by atoms with Gasteiger partial charge in [-0.3, -0.25) is 0 Å². The summed E-state index contributed by atoms with van der Waals surface area (Å²) in [6, 6.07) is 18.5. The van der Waals surface area contributed by atoms with E-state index in [0.29, 0.717) is 13.2 Å². The van der Waals surface area contributed by atoms with E-state index < -0.39 is 6.09 Å². The largest absolute Gasteiger partial charge is 0.449 e.